The van der Waals surface area contributed by atoms with E-state index in [-0.39, 0.29) is 5.91 Å². The molecule has 0 heterocycles. The molecular weight excluding hydrogens is 268 g/mol. The SMILES string of the molecule is CCC[C@@H](N)C(=O)Nc1cccc(Br)c1C. The number of nitrogens with two attached hydrogens (primary N) is 1. The lowest BCUT2D eigenvalue weighted by molar-refractivity contribution is -0.117. The number of rotatable bonds is 4. The van der Waals surface area contributed by atoms with Gasteiger partial charge < -0.3 is 11.1 Å². The number of hydrogen-bond acceptors (Lipinski definition) is 2. The highest BCUT2D eigenvalue weighted by molar-refractivity contribution is 9.10. The van der Waals surface area contributed by atoms with Crippen molar-refractivity contribution in [3.05, 3.63) is 28.2 Å². The maximum absolute atomic E-state index is 11.7. The quantitative estimate of drug-likeness (QED) is 0.893. The van der Waals surface area contributed by atoms with Gasteiger partial charge in [-0.05, 0) is 31.0 Å². The summed E-state index contributed by atoms with van der Waals surface area (Å²) in [6, 6.07) is 5.27. The van der Waals surface area contributed by atoms with Crippen molar-refractivity contribution in [3.8, 4) is 0 Å². The normalized spacial score (nSPS) is 12.2. The van der Waals surface area contributed by atoms with E-state index in [4.69, 9.17) is 5.73 Å². The Morgan fingerprint density at radius 1 is 1.56 bits per heavy atom. The van der Waals surface area contributed by atoms with Crippen molar-refractivity contribution in [2.45, 2.75) is 32.7 Å². The van der Waals surface area contributed by atoms with Gasteiger partial charge in [-0.15, -0.1) is 0 Å². The van der Waals surface area contributed by atoms with Crippen LogP contribution < -0.4 is 11.1 Å². The molecule has 0 bridgehead atoms. The minimum atomic E-state index is -0.427. The van der Waals surface area contributed by atoms with Crippen LogP contribution in [0.25, 0.3) is 0 Å². The predicted octanol–water partition coefficient (Wildman–Crippen LogP) is 2.82. The molecule has 3 nitrogen and oxygen atoms in total. The molecule has 88 valence electrons. The first-order valence-corrected chi connectivity index (χ1v) is 6.17. The molecule has 0 aliphatic rings. The lowest BCUT2D eigenvalue weighted by Gasteiger charge is -2.13. The molecule has 0 fully saturated rings. The third-order valence-corrected chi connectivity index (χ3v) is 3.32. The number of hydrogen-bond donors (Lipinski definition) is 2. The molecule has 0 saturated carbocycles. The summed E-state index contributed by atoms with van der Waals surface area (Å²) >= 11 is 3.42. The number of benzene rings is 1. The number of carbonyl (C=O) groups is 1. The Balaban J connectivity index is 2.73. The summed E-state index contributed by atoms with van der Waals surface area (Å²) in [6.45, 7) is 3.96. The average Bonchev–Trinajstić information content (AvgIpc) is 2.25. The second kappa shape index (κ2) is 6.01. The molecule has 0 unspecified atom stereocenters. The molecule has 0 aliphatic carbocycles. The molecule has 1 atom stereocenters. The maximum atomic E-state index is 11.7. The van der Waals surface area contributed by atoms with Crippen LogP contribution >= 0.6 is 15.9 Å². The molecule has 3 N–H and O–H groups in total. The molecule has 1 rings (SSSR count). The third kappa shape index (κ3) is 3.32. The van der Waals surface area contributed by atoms with E-state index in [9.17, 15) is 4.79 Å². The standard InChI is InChI=1S/C12H17BrN2O/c1-3-5-10(14)12(16)15-11-7-4-6-9(13)8(11)2/h4,6-7,10H,3,5,14H2,1-2H3,(H,15,16)/t10-/m1/s1. The summed E-state index contributed by atoms with van der Waals surface area (Å²) in [4.78, 5) is 11.7. The molecule has 0 saturated heterocycles. The Kier molecular flexibility index (Phi) is 4.96. The van der Waals surface area contributed by atoms with Crippen molar-refractivity contribution in [1.82, 2.24) is 0 Å². The van der Waals surface area contributed by atoms with Crippen molar-refractivity contribution >= 4 is 27.5 Å². The van der Waals surface area contributed by atoms with Crippen LogP contribution in [0.15, 0.2) is 22.7 Å². The summed E-state index contributed by atoms with van der Waals surface area (Å²) < 4.78 is 0.981. The van der Waals surface area contributed by atoms with Crippen molar-refractivity contribution in [3.63, 3.8) is 0 Å². The van der Waals surface area contributed by atoms with Crippen molar-refractivity contribution in [1.29, 1.82) is 0 Å². The zero-order chi connectivity index (χ0) is 12.1. The number of amides is 1. The highest BCUT2D eigenvalue weighted by Crippen LogP contribution is 2.23. The highest BCUT2D eigenvalue weighted by Gasteiger charge is 2.13. The minimum Gasteiger partial charge on any atom is -0.324 e. The predicted molar refractivity (Wildman–Crippen MR) is 70.4 cm³/mol. The van der Waals surface area contributed by atoms with Gasteiger partial charge in [0.25, 0.3) is 0 Å². The van der Waals surface area contributed by atoms with Gasteiger partial charge in [0.2, 0.25) is 5.91 Å². The summed E-state index contributed by atoms with van der Waals surface area (Å²) in [6.07, 6.45) is 1.62. The lowest BCUT2D eigenvalue weighted by atomic mass is 10.1. The van der Waals surface area contributed by atoms with E-state index in [1.54, 1.807) is 0 Å². The van der Waals surface area contributed by atoms with Gasteiger partial charge in [-0.25, -0.2) is 0 Å². The van der Waals surface area contributed by atoms with Crippen LogP contribution in [0.2, 0.25) is 0 Å². The molecule has 1 aromatic rings. The van der Waals surface area contributed by atoms with E-state index in [0.717, 1.165) is 22.1 Å². The summed E-state index contributed by atoms with van der Waals surface area (Å²) in [5.41, 5.74) is 7.56. The van der Waals surface area contributed by atoms with Crippen LogP contribution in [-0.2, 0) is 4.79 Å². The minimum absolute atomic E-state index is 0.122. The second-order valence-corrected chi connectivity index (χ2v) is 4.65. The summed E-state index contributed by atoms with van der Waals surface area (Å²) in [5.74, 6) is -0.122. The van der Waals surface area contributed by atoms with Crippen LogP contribution in [0.3, 0.4) is 0 Å². The lowest BCUT2D eigenvalue weighted by Crippen LogP contribution is -2.35. The molecule has 0 aromatic heterocycles. The van der Waals surface area contributed by atoms with Gasteiger partial charge in [0, 0.05) is 10.2 Å². The van der Waals surface area contributed by atoms with Crippen LogP contribution in [0, 0.1) is 6.92 Å². The maximum Gasteiger partial charge on any atom is 0.241 e. The van der Waals surface area contributed by atoms with Crippen molar-refractivity contribution in [2.24, 2.45) is 5.73 Å². The molecule has 1 amide bonds. The van der Waals surface area contributed by atoms with Crippen LogP contribution in [0.4, 0.5) is 5.69 Å². The summed E-state index contributed by atoms with van der Waals surface area (Å²) in [5, 5.41) is 2.84. The van der Waals surface area contributed by atoms with Crippen molar-refractivity contribution in [2.75, 3.05) is 5.32 Å². The van der Waals surface area contributed by atoms with Gasteiger partial charge in [-0.2, -0.15) is 0 Å². The van der Waals surface area contributed by atoms with E-state index in [2.05, 4.69) is 21.2 Å². The van der Waals surface area contributed by atoms with Gasteiger partial charge in [0.15, 0.2) is 0 Å². The molecule has 16 heavy (non-hydrogen) atoms. The van der Waals surface area contributed by atoms with E-state index in [1.165, 1.54) is 0 Å². The third-order valence-electron chi connectivity index (χ3n) is 2.46. The fourth-order valence-electron chi connectivity index (χ4n) is 1.41. The highest BCUT2D eigenvalue weighted by atomic mass is 79.9. The number of nitrogens with one attached hydrogen (secondary N) is 1. The number of anilines is 1. The topological polar surface area (TPSA) is 55.1 Å². The van der Waals surface area contributed by atoms with Crippen LogP contribution in [0.5, 0.6) is 0 Å². The van der Waals surface area contributed by atoms with E-state index in [0.29, 0.717) is 6.42 Å². The smallest absolute Gasteiger partial charge is 0.241 e. The molecular formula is C12H17BrN2O. The Morgan fingerprint density at radius 2 is 2.25 bits per heavy atom. The van der Waals surface area contributed by atoms with Crippen molar-refractivity contribution < 1.29 is 4.79 Å². The first-order chi connectivity index (χ1) is 7.56. The second-order valence-electron chi connectivity index (χ2n) is 3.80. The zero-order valence-corrected chi connectivity index (χ0v) is 11.2. The van der Waals surface area contributed by atoms with Gasteiger partial charge in [-0.3, -0.25) is 4.79 Å². The molecule has 1 aromatic carbocycles. The fraction of sp³-hybridized carbons (Fsp3) is 0.417. The van der Waals surface area contributed by atoms with Gasteiger partial charge in [0.1, 0.15) is 0 Å². The Morgan fingerprint density at radius 3 is 2.88 bits per heavy atom. The van der Waals surface area contributed by atoms with Crippen LogP contribution in [0.1, 0.15) is 25.3 Å². The molecule has 4 heteroatoms. The van der Waals surface area contributed by atoms with E-state index >= 15 is 0 Å². The number of carbonyl (C=O) groups excluding carboxylic acids is 1. The van der Waals surface area contributed by atoms with E-state index < -0.39 is 6.04 Å². The molecule has 0 spiro atoms. The summed E-state index contributed by atoms with van der Waals surface area (Å²) in [7, 11) is 0. The first-order valence-electron chi connectivity index (χ1n) is 5.37. The van der Waals surface area contributed by atoms with Crippen LogP contribution in [-0.4, -0.2) is 11.9 Å². The van der Waals surface area contributed by atoms with Gasteiger partial charge in [0.05, 0.1) is 6.04 Å². The molecule has 0 radical (unpaired) electrons. The Bertz CT molecular complexity index is 379. The monoisotopic (exact) mass is 284 g/mol. The average molecular weight is 285 g/mol. The largest absolute Gasteiger partial charge is 0.324 e. The van der Waals surface area contributed by atoms with Gasteiger partial charge >= 0.3 is 0 Å². The van der Waals surface area contributed by atoms with Gasteiger partial charge in [-0.1, -0.05) is 35.3 Å². The zero-order valence-electron chi connectivity index (χ0n) is 9.59. The number of halogens is 1. The van der Waals surface area contributed by atoms with E-state index in [1.807, 2.05) is 32.0 Å². The Labute approximate surface area is 105 Å². The molecule has 0 aliphatic heterocycles. The Hall–Kier alpha value is -0.870. The fourth-order valence-corrected chi connectivity index (χ4v) is 1.78. The first kappa shape index (κ1) is 13.2.